The summed E-state index contributed by atoms with van der Waals surface area (Å²) in [5.74, 6) is 0.378. The number of rotatable bonds is 8. The molecular formula is C17H28O4. The lowest BCUT2D eigenvalue weighted by molar-refractivity contribution is -0.150. The lowest BCUT2D eigenvalue weighted by atomic mass is 9.80. The second kappa shape index (κ2) is 9.59. The van der Waals surface area contributed by atoms with Crippen molar-refractivity contribution in [3.8, 4) is 0 Å². The van der Waals surface area contributed by atoms with Gasteiger partial charge in [0.1, 0.15) is 0 Å². The Morgan fingerprint density at radius 2 is 1.71 bits per heavy atom. The number of esters is 2. The summed E-state index contributed by atoms with van der Waals surface area (Å²) in [5.41, 5.74) is 0.385. The molecule has 0 aromatic rings. The molecular weight excluding hydrogens is 268 g/mol. The SMILES string of the molecule is C=C(C)C(=O)OCCCOC(=O)C1CCC(CCC)CC1. The van der Waals surface area contributed by atoms with E-state index in [0.717, 1.165) is 31.6 Å². The van der Waals surface area contributed by atoms with Crippen LogP contribution >= 0.6 is 0 Å². The molecule has 21 heavy (non-hydrogen) atoms. The Bertz CT molecular complexity index is 354. The number of hydrogen-bond donors (Lipinski definition) is 0. The van der Waals surface area contributed by atoms with E-state index < -0.39 is 5.97 Å². The predicted octanol–water partition coefficient (Wildman–Crippen LogP) is 3.65. The Balaban J connectivity index is 2.09. The topological polar surface area (TPSA) is 52.6 Å². The van der Waals surface area contributed by atoms with Crippen LogP contribution in [0.3, 0.4) is 0 Å². The third-order valence-corrected chi connectivity index (χ3v) is 3.99. The minimum Gasteiger partial charge on any atom is -0.465 e. The van der Waals surface area contributed by atoms with Gasteiger partial charge in [0.25, 0.3) is 0 Å². The normalized spacial score (nSPS) is 21.6. The molecule has 4 nitrogen and oxygen atoms in total. The molecule has 1 aliphatic carbocycles. The third kappa shape index (κ3) is 6.78. The maximum absolute atomic E-state index is 11.9. The molecule has 0 saturated heterocycles. The lowest BCUT2D eigenvalue weighted by Crippen LogP contribution is -2.24. The van der Waals surface area contributed by atoms with Gasteiger partial charge >= 0.3 is 11.9 Å². The fraction of sp³-hybridized carbons (Fsp3) is 0.765. The first-order valence-corrected chi connectivity index (χ1v) is 8.03. The Morgan fingerprint density at radius 3 is 2.29 bits per heavy atom. The van der Waals surface area contributed by atoms with Crippen molar-refractivity contribution in [3.63, 3.8) is 0 Å². The molecule has 0 aromatic heterocycles. The number of hydrogen-bond acceptors (Lipinski definition) is 4. The van der Waals surface area contributed by atoms with Gasteiger partial charge in [0.15, 0.2) is 0 Å². The Morgan fingerprint density at radius 1 is 1.10 bits per heavy atom. The van der Waals surface area contributed by atoms with Crippen molar-refractivity contribution in [2.45, 2.75) is 58.8 Å². The highest BCUT2D eigenvalue weighted by Gasteiger charge is 2.26. The van der Waals surface area contributed by atoms with Gasteiger partial charge in [-0.05, 0) is 38.5 Å². The van der Waals surface area contributed by atoms with Gasteiger partial charge in [0.2, 0.25) is 0 Å². The molecule has 4 heteroatoms. The van der Waals surface area contributed by atoms with E-state index in [0.29, 0.717) is 18.6 Å². The average molecular weight is 296 g/mol. The van der Waals surface area contributed by atoms with Gasteiger partial charge in [-0.1, -0.05) is 26.3 Å². The zero-order chi connectivity index (χ0) is 15.7. The molecule has 0 bridgehead atoms. The summed E-state index contributed by atoms with van der Waals surface area (Å²) in [6, 6.07) is 0. The highest BCUT2D eigenvalue weighted by Crippen LogP contribution is 2.32. The maximum atomic E-state index is 11.9. The largest absolute Gasteiger partial charge is 0.465 e. The van der Waals surface area contributed by atoms with Gasteiger partial charge in [-0.15, -0.1) is 0 Å². The molecule has 0 aromatic carbocycles. The average Bonchev–Trinajstić information content (AvgIpc) is 2.47. The van der Waals surface area contributed by atoms with Crippen LogP contribution in [-0.4, -0.2) is 25.2 Å². The zero-order valence-electron chi connectivity index (χ0n) is 13.4. The van der Waals surface area contributed by atoms with Crippen LogP contribution in [-0.2, 0) is 19.1 Å². The number of ether oxygens (including phenoxy) is 2. The van der Waals surface area contributed by atoms with Gasteiger partial charge in [-0.25, -0.2) is 4.79 Å². The van der Waals surface area contributed by atoms with Crippen molar-refractivity contribution in [3.05, 3.63) is 12.2 Å². The Kier molecular flexibility index (Phi) is 8.09. The van der Waals surface area contributed by atoms with Crippen LogP contribution in [0.25, 0.3) is 0 Å². The smallest absolute Gasteiger partial charge is 0.333 e. The standard InChI is InChI=1S/C17H28O4/c1-4-6-14-7-9-15(10-8-14)17(19)21-12-5-11-20-16(18)13(2)3/h14-15H,2,4-12H2,1,3H3. The first-order chi connectivity index (χ1) is 10.0. The summed E-state index contributed by atoms with van der Waals surface area (Å²) >= 11 is 0. The Hall–Kier alpha value is -1.32. The summed E-state index contributed by atoms with van der Waals surface area (Å²) in [6.45, 7) is 7.90. The van der Waals surface area contributed by atoms with Gasteiger partial charge in [0.05, 0.1) is 19.1 Å². The van der Waals surface area contributed by atoms with E-state index in [4.69, 9.17) is 9.47 Å². The molecule has 0 atom stereocenters. The molecule has 1 fully saturated rings. The van der Waals surface area contributed by atoms with E-state index in [9.17, 15) is 9.59 Å². The van der Waals surface area contributed by atoms with Gasteiger partial charge in [0, 0.05) is 12.0 Å². The van der Waals surface area contributed by atoms with Crippen LogP contribution in [0, 0.1) is 11.8 Å². The second-order valence-corrected chi connectivity index (χ2v) is 5.94. The zero-order valence-corrected chi connectivity index (χ0v) is 13.4. The van der Waals surface area contributed by atoms with E-state index in [-0.39, 0.29) is 18.5 Å². The lowest BCUT2D eigenvalue weighted by Gasteiger charge is -2.26. The van der Waals surface area contributed by atoms with Gasteiger partial charge < -0.3 is 9.47 Å². The quantitative estimate of drug-likeness (QED) is 0.390. The maximum Gasteiger partial charge on any atom is 0.333 e. The van der Waals surface area contributed by atoms with E-state index >= 15 is 0 Å². The van der Waals surface area contributed by atoms with Gasteiger partial charge in [-0.3, -0.25) is 4.79 Å². The minimum absolute atomic E-state index is 0.0658. The fourth-order valence-electron chi connectivity index (χ4n) is 2.73. The molecule has 0 aliphatic heterocycles. The first-order valence-electron chi connectivity index (χ1n) is 8.03. The molecule has 1 rings (SSSR count). The van der Waals surface area contributed by atoms with Crippen LogP contribution < -0.4 is 0 Å². The summed E-state index contributed by atoms with van der Waals surface area (Å²) in [6.07, 6.45) is 7.23. The minimum atomic E-state index is -0.393. The molecule has 120 valence electrons. The predicted molar refractivity (Wildman–Crippen MR) is 81.7 cm³/mol. The molecule has 1 saturated carbocycles. The molecule has 0 N–H and O–H groups in total. The van der Waals surface area contributed by atoms with Crippen LogP contribution in [0.5, 0.6) is 0 Å². The van der Waals surface area contributed by atoms with Crippen LogP contribution in [0.2, 0.25) is 0 Å². The summed E-state index contributed by atoms with van der Waals surface area (Å²) in [4.78, 5) is 23.1. The third-order valence-electron chi connectivity index (χ3n) is 3.99. The monoisotopic (exact) mass is 296 g/mol. The second-order valence-electron chi connectivity index (χ2n) is 5.94. The molecule has 0 radical (unpaired) electrons. The molecule has 0 amide bonds. The summed E-state index contributed by atoms with van der Waals surface area (Å²) in [7, 11) is 0. The summed E-state index contributed by atoms with van der Waals surface area (Å²) in [5, 5.41) is 0. The van der Waals surface area contributed by atoms with Crippen molar-refractivity contribution >= 4 is 11.9 Å². The molecule has 1 aliphatic rings. The first kappa shape index (κ1) is 17.7. The van der Waals surface area contributed by atoms with Crippen molar-refractivity contribution < 1.29 is 19.1 Å². The highest BCUT2D eigenvalue weighted by molar-refractivity contribution is 5.86. The van der Waals surface area contributed by atoms with Crippen LogP contribution in [0.15, 0.2) is 12.2 Å². The van der Waals surface area contributed by atoms with Crippen molar-refractivity contribution in [2.75, 3.05) is 13.2 Å². The molecule has 0 spiro atoms. The number of carbonyl (C=O) groups excluding carboxylic acids is 2. The van der Waals surface area contributed by atoms with E-state index in [1.165, 1.54) is 12.8 Å². The van der Waals surface area contributed by atoms with E-state index in [1.807, 2.05) is 0 Å². The van der Waals surface area contributed by atoms with Crippen molar-refractivity contribution in [2.24, 2.45) is 11.8 Å². The fourth-order valence-corrected chi connectivity index (χ4v) is 2.73. The summed E-state index contributed by atoms with van der Waals surface area (Å²) < 4.78 is 10.2. The van der Waals surface area contributed by atoms with Crippen molar-refractivity contribution in [1.29, 1.82) is 0 Å². The number of carbonyl (C=O) groups is 2. The van der Waals surface area contributed by atoms with Crippen molar-refractivity contribution in [1.82, 2.24) is 0 Å². The Labute approximate surface area is 127 Å². The van der Waals surface area contributed by atoms with E-state index in [1.54, 1.807) is 6.92 Å². The highest BCUT2D eigenvalue weighted by atomic mass is 16.5. The van der Waals surface area contributed by atoms with Gasteiger partial charge in [-0.2, -0.15) is 0 Å². The van der Waals surface area contributed by atoms with Crippen LogP contribution in [0.1, 0.15) is 58.8 Å². The molecule has 0 heterocycles. The molecule has 0 unspecified atom stereocenters. The van der Waals surface area contributed by atoms with E-state index in [2.05, 4.69) is 13.5 Å². The van der Waals surface area contributed by atoms with Crippen LogP contribution in [0.4, 0.5) is 0 Å².